The Balaban J connectivity index is 2.15. The predicted molar refractivity (Wildman–Crippen MR) is 125 cm³/mol. The first-order valence-corrected chi connectivity index (χ1v) is 12.4. The van der Waals surface area contributed by atoms with E-state index in [0.717, 1.165) is 17.3 Å². The topological polar surface area (TPSA) is 84.9 Å². The molecule has 1 N–H and O–H groups in total. The Kier molecular flexibility index (Phi) is 9.33. The van der Waals surface area contributed by atoms with Crippen LogP contribution in [0.15, 0.2) is 45.8 Å². The molecule has 170 valence electrons. The third-order valence-electron chi connectivity index (χ3n) is 4.68. The molecule has 9 heteroatoms. The molecule has 0 aliphatic rings. The number of methoxy groups -OCH3 is 1. The standard InChI is InChI=1S/C22H29BrN2O5S/c1-5-8-16-9-11-20(18(23)13-16)30-15-22(26)24-19-14-17(10-12-21(19)29-4)31(27,28)25(6-2)7-3/h9-14H,5-8,15H2,1-4H3,(H,24,26). The quantitative estimate of drug-likeness (QED) is 0.480. The lowest BCUT2D eigenvalue weighted by atomic mass is 10.1. The molecule has 31 heavy (non-hydrogen) atoms. The lowest BCUT2D eigenvalue weighted by Crippen LogP contribution is -2.30. The van der Waals surface area contributed by atoms with Gasteiger partial charge in [-0.25, -0.2) is 8.42 Å². The monoisotopic (exact) mass is 512 g/mol. The molecule has 0 spiro atoms. The Morgan fingerprint density at radius 2 is 1.74 bits per heavy atom. The minimum absolute atomic E-state index is 0.0856. The fourth-order valence-electron chi connectivity index (χ4n) is 3.09. The summed E-state index contributed by atoms with van der Waals surface area (Å²) >= 11 is 3.47. The van der Waals surface area contributed by atoms with Gasteiger partial charge in [0.05, 0.1) is 22.2 Å². The number of rotatable bonds is 11. The first kappa shape index (κ1) is 25.2. The maximum Gasteiger partial charge on any atom is 0.262 e. The van der Waals surface area contributed by atoms with Gasteiger partial charge in [0, 0.05) is 13.1 Å². The van der Waals surface area contributed by atoms with Crippen molar-refractivity contribution in [3.05, 3.63) is 46.4 Å². The molecule has 0 saturated heterocycles. The van der Waals surface area contributed by atoms with Crippen LogP contribution in [0.4, 0.5) is 5.69 Å². The molecule has 0 atom stereocenters. The van der Waals surface area contributed by atoms with Gasteiger partial charge >= 0.3 is 0 Å². The molecule has 0 saturated carbocycles. The summed E-state index contributed by atoms with van der Waals surface area (Å²) in [5, 5.41) is 2.68. The van der Waals surface area contributed by atoms with Crippen LogP contribution in [0, 0.1) is 0 Å². The molecule has 0 aliphatic heterocycles. The van der Waals surface area contributed by atoms with Gasteiger partial charge in [-0.15, -0.1) is 0 Å². The predicted octanol–water partition coefficient (Wildman–Crippen LogP) is 4.46. The summed E-state index contributed by atoms with van der Waals surface area (Å²) in [6.45, 7) is 6.13. The minimum Gasteiger partial charge on any atom is -0.495 e. The molecule has 0 unspecified atom stereocenters. The van der Waals surface area contributed by atoms with Crippen LogP contribution in [-0.2, 0) is 21.2 Å². The molecule has 0 heterocycles. The number of nitrogens with zero attached hydrogens (tertiary/aromatic N) is 1. The molecule has 0 radical (unpaired) electrons. The van der Waals surface area contributed by atoms with Crippen LogP contribution in [0.2, 0.25) is 0 Å². The highest BCUT2D eigenvalue weighted by Gasteiger charge is 2.23. The summed E-state index contributed by atoms with van der Waals surface area (Å²) < 4.78 is 38.6. The van der Waals surface area contributed by atoms with Gasteiger partial charge in [0.15, 0.2) is 6.61 Å². The number of halogens is 1. The Morgan fingerprint density at radius 3 is 2.32 bits per heavy atom. The second-order valence-electron chi connectivity index (χ2n) is 6.80. The van der Waals surface area contributed by atoms with Gasteiger partial charge in [0.1, 0.15) is 11.5 Å². The van der Waals surface area contributed by atoms with E-state index in [9.17, 15) is 13.2 Å². The maximum atomic E-state index is 12.8. The SMILES string of the molecule is CCCc1ccc(OCC(=O)Nc2cc(S(=O)(=O)N(CC)CC)ccc2OC)c(Br)c1. The highest BCUT2D eigenvalue weighted by Crippen LogP contribution is 2.30. The van der Waals surface area contributed by atoms with Crippen LogP contribution in [-0.4, -0.2) is 45.4 Å². The number of carbonyl (C=O) groups is 1. The van der Waals surface area contributed by atoms with Crippen molar-refractivity contribution in [3.8, 4) is 11.5 Å². The van der Waals surface area contributed by atoms with E-state index in [2.05, 4.69) is 28.2 Å². The van der Waals surface area contributed by atoms with Crippen molar-refractivity contribution in [1.29, 1.82) is 0 Å². The average Bonchev–Trinajstić information content (AvgIpc) is 2.74. The van der Waals surface area contributed by atoms with Crippen LogP contribution in [0.3, 0.4) is 0 Å². The number of nitrogens with one attached hydrogen (secondary N) is 1. The molecule has 7 nitrogen and oxygen atoms in total. The number of hydrogen-bond acceptors (Lipinski definition) is 5. The highest BCUT2D eigenvalue weighted by molar-refractivity contribution is 9.10. The van der Waals surface area contributed by atoms with E-state index in [0.29, 0.717) is 24.6 Å². The number of anilines is 1. The lowest BCUT2D eigenvalue weighted by Gasteiger charge is -2.19. The molecular formula is C22H29BrN2O5S. The minimum atomic E-state index is -3.67. The number of amides is 1. The molecule has 2 aromatic carbocycles. The smallest absolute Gasteiger partial charge is 0.262 e. The Morgan fingerprint density at radius 1 is 1.06 bits per heavy atom. The van der Waals surface area contributed by atoms with Gasteiger partial charge < -0.3 is 14.8 Å². The van der Waals surface area contributed by atoms with Gasteiger partial charge in [-0.2, -0.15) is 4.31 Å². The van der Waals surface area contributed by atoms with Gasteiger partial charge in [-0.1, -0.05) is 33.3 Å². The molecule has 2 aromatic rings. The fraction of sp³-hybridized carbons (Fsp3) is 0.409. The number of aryl methyl sites for hydroxylation is 1. The van der Waals surface area contributed by atoms with Crippen LogP contribution in [0.5, 0.6) is 11.5 Å². The molecule has 0 aromatic heterocycles. The Labute approximate surface area is 192 Å². The largest absolute Gasteiger partial charge is 0.495 e. The first-order chi connectivity index (χ1) is 14.8. The van der Waals surface area contributed by atoms with E-state index in [4.69, 9.17) is 9.47 Å². The van der Waals surface area contributed by atoms with Gasteiger partial charge in [-0.05, 0) is 58.2 Å². The summed E-state index contributed by atoms with van der Waals surface area (Å²) in [6.07, 6.45) is 2.01. The third kappa shape index (κ3) is 6.44. The Bertz CT molecular complexity index is 1010. The van der Waals surface area contributed by atoms with Crippen LogP contribution < -0.4 is 14.8 Å². The van der Waals surface area contributed by atoms with Crippen molar-refractivity contribution >= 4 is 37.5 Å². The second-order valence-corrected chi connectivity index (χ2v) is 9.60. The molecular weight excluding hydrogens is 484 g/mol. The zero-order valence-corrected chi connectivity index (χ0v) is 20.7. The fourth-order valence-corrected chi connectivity index (χ4v) is 5.12. The number of carbonyl (C=O) groups excluding carboxylic acids is 1. The van der Waals surface area contributed by atoms with E-state index in [1.807, 2.05) is 18.2 Å². The summed E-state index contributed by atoms with van der Waals surface area (Å²) in [5.74, 6) is 0.483. The molecule has 0 bridgehead atoms. The zero-order chi connectivity index (χ0) is 23.0. The van der Waals surface area contributed by atoms with E-state index in [1.54, 1.807) is 13.8 Å². The van der Waals surface area contributed by atoms with Crippen molar-refractivity contribution in [3.63, 3.8) is 0 Å². The second kappa shape index (κ2) is 11.5. The molecule has 2 rings (SSSR count). The van der Waals surface area contributed by atoms with E-state index >= 15 is 0 Å². The number of ether oxygens (including phenoxy) is 2. The maximum absolute atomic E-state index is 12.8. The van der Waals surface area contributed by atoms with Crippen molar-refractivity contribution in [2.45, 2.75) is 38.5 Å². The van der Waals surface area contributed by atoms with E-state index < -0.39 is 15.9 Å². The zero-order valence-electron chi connectivity index (χ0n) is 18.3. The first-order valence-electron chi connectivity index (χ1n) is 10.2. The lowest BCUT2D eigenvalue weighted by molar-refractivity contribution is -0.118. The van der Waals surface area contributed by atoms with Gasteiger partial charge in [0.25, 0.3) is 5.91 Å². The number of hydrogen-bond donors (Lipinski definition) is 1. The van der Waals surface area contributed by atoms with Gasteiger partial charge in [0.2, 0.25) is 10.0 Å². The summed E-state index contributed by atoms with van der Waals surface area (Å²) in [6, 6.07) is 10.1. The van der Waals surface area contributed by atoms with Gasteiger partial charge in [-0.3, -0.25) is 4.79 Å². The van der Waals surface area contributed by atoms with E-state index in [-0.39, 0.29) is 17.2 Å². The third-order valence-corrected chi connectivity index (χ3v) is 7.35. The molecule has 0 aliphatic carbocycles. The summed E-state index contributed by atoms with van der Waals surface area (Å²) in [5.41, 5.74) is 1.45. The van der Waals surface area contributed by atoms with Crippen LogP contribution in [0.25, 0.3) is 0 Å². The highest BCUT2D eigenvalue weighted by atomic mass is 79.9. The number of benzene rings is 2. The van der Waals surface area contributed by atoms with Crippen LogP contribution >= 0.6 is 15.9 Å². The van der Waals surface area contributed by atoms with Crippen molar-refractivity contribution in [1.82, 2.24) is 4.31 Å². The Hall–Kier alpha value is -2.10. The molecule has 1 amide bonds. The summed E-state index contributed by atoms with van der Waals surface area (Å²) in [7, 11) is -2.21. The normalized spacial score (nSPS) is 11.4. The van der Waals surface area contributed by atoms with Crippen molar-refractivity contribution in [2.75, 3.05) is 32.1 Å². The van der Waals surface area contributed by atoms with Crippen molar-refractivity contribution < 1.29 is 22.7 Å². The number of sulfonamides is 1. The van der Waals surface area contributed by atoms with Crippen LogP contribution in [0.1, 0.15) is 32.8 Å². The van der Waals surface area contributed by atoms with Crippen molar-refractivity contribution in [2.24, 2.45) is 0 Å². The molecule has 0 fully saturated rings. The summed E-state index contributed by atoms with van der Waals surface area (Å²) in [4.78, 5) is 12.6. The van der Waals surface area contributed by atoms with E-state index in [1.165, 1.54) is 35.2 Å². The average molecular weight is 513 g/mol.